The van der Waals surface area contributed by atoms with Crippen molar-refractivity contribution in [2.24, 2.45) is 0 Å². The lowest BCUT2D eigenvalue weighted by Crippen LogP contribution is -2.11. The van der Waals surface area contributed by atoms with Gasteiger partial charge in [0.2, 0.25) is 5.16 Å². The van der Waals surface area contributed by atoms with E-state index in [2.05, 4.69) is 42.2 Å². The van der Waals surface area contributed by atoms with Crippen LogP contribution in [0.2, 0.25) is 10.0 Å². The predicted molar refractivity (Wildman–Crippen MR) is 101 cm³/mol. The lowest BCUT2D eigenvalue weighted by molar-refractivity contribution is 0.849. The molecule has 0 amide bonds. The molecule has 0 bridgehead atoms. The van der Waals surface area contributed by atoms with E-state index in [9.17, 15) is 0 Å². The van der Waals surface area contributed by atoms with Gasteiger partial charge in [0.1, 0.15) is 0 Å². The highest BCUT2D eigenvalue weighted by Crippen LogP contribution is 2.31. The van der Waals surface area contributed by atoms with Gasteiger partial charge in [-0.2, -0.15) is 0 Å². The Morgan fingerprint density at radius 3 is 2.62 bits per heavy atom. The van der Waals surface area contributed by atoms with Crippen molar-refractivity contribution in [2.75, 3.05) is 5.84 Å². The third-order valence-corrected chi connectivity index (χ3v) is 5.24. The van der Waals surface area contributed by atoms with Crippen LogP contribution in [0, 0.1) is 13.8 Å². The average molecular weight is 379 g/mol. The smallest absolute Gasteiger partial charge is 0.210 e. The summed E-state index contributed by atoms with van der Waals surface area (Å²) in [4.78, 5) is 0. The van der Waals surface area contributed by atoms with E-state index in [1.54, 1.807) is 30.0 Å². The monoisotopic (exact) mass is 378 g/mol. The summed E-state index contributed by atoms with van der Waals surface area (Å²) >= 11 is 13.7. The molecule has 0 radical (unpaired) electrons. The molecule has 2 N–H and O–H groups in total. The summed E-state index contributed by atoms with van der Waals surface area (Å²) in [5, 5.41) is 10.0. The minimum atomic E-state index is 0.493. The first kappa shape index (κ1) is 17.1. The first-order valence-corrected chi connectivity index (χ1v) is 9.04. The summed E-state index contributed by atoms with van der Waals surface area (Å²) in [6.07, 6.45) is 0. The molecule has 0 atom stereocenters. The highest BCUT2D eigenvalue weighted by Gasteiger charge is 2.15. The summed E-state index contributed by atoms with van der Waals surface area (Å²) in [5.41, 5.74) is 4.44. The number of nitrogens with zero attached hydrogens (tertiary/aromatic N) is 3. The normalized spacial score (nSPS) is 11.0. The van der Waals surface area contributed by atoms with Gasteiger partial charge < -0.3 is 5.84 Å². The quantitative estimate of drug-likeness (QED) is 0.519. The zero-order chi connectivity index (χ0) is 17.3. The fraction of sp³-hybridized carbons (Fsp3) is 0.176. The lowest BCUT2D eigenvalue weighted by Gasteiger charge is -2.08. The molecule has 3 aromatic rings. The zero-order valence-electron chi connectivity index (χ0n) is 13.3. The molecule has 4 nitrogen and oxygen atoms in total. The molecule has 3 rings (SSSR count). The summed E-state index contributed by atoms with van der Waals surface area (Å²) < 4.78 is 1.46. The van der Waals surface area contributed by atoms with Crippen LogP contribution in [0.15, 0.2) is 41.6 Å². The molecule has 124 valence electrons. The van der Waals surface area contributed by atoms with Gasteiger partial charge in [0, 0.05) is 16.3 Å². The summed E-state index contributed by atoms with van der Waals surface area (Å²) in [6, 6.07) is 11.6. The van der Waals surface area contributed by atoms with Gasteiger partial charge in [-0.25, -0.2) is 4.68 Å². The van der Waals surface area contributed by atoms with Gasteiger partial charge in [-0.3, -0.25) is 0 Å². The zero-order valence-corrected chi connectivity index (χ0v) is 15.6. The Bertz CT molecular complexity index is 892. The summed E-state index contributed by atoms with van der Waals surface area (Å²) in [6.45, 7) is 4.18. The first-order chi connectivity index (χ1) is 11.5. The number of nitrogen functional groups attached to an aromatic ring is 1. The topological polar surface area (TPSA) is 56.7 Å². The third kappa shape index (κ3) is 3.53. The lowest BCUT2D eigenvalue weighted by atomic mass is 10.1. The number of hydrogen-bond donors (Lipinski definition) is 1. The van der Waals surface area contributed by atoms with E-state index in [-0.39, 0.29) is 0 Å². The molecule has 0 spiro atoms. The molecule has 0 saturated carbocycles. The van der Waals surface area contributed by atoms with Crippen LogP contribution in [0.3, 0.4) is 0 Å². The van der Waals surface area contributed by atoms with Crippen LogP contribution in [0.4, 0.5) is 0 Å². The van der Waals surface area contributed by atoms with Gasteiger partial charge >= 0.3 is 0 Å². The molecule has 2 aromatic carbocycles. The molecule has 0 aliphatic rings. The number of aryl methyl sites for hydroxylation is 2. The van der Waals surface area contributed by atoms with E-state index in [1.165, 1.54) is 21.4 Å². The maximum atomic E-state index is 6.23. The van der Waals surface area contributed by atoms with Crippen LogP contribution in [-0.2, 0) is 5.75 Å². The fourth-order valence-electron chi connectivity index (χ4n) is 2.33. The van der Waals surface area contributed by atoms with E-state index in [1.807, 2.05) is 0 Å². The van der Waals surface area contributed by atoms with Crippen molar-refractivity contribution >= 4 is 35.0 Å². The Hall–Kier alpha value is -1.69. The highest BCUT2D eigenvalue weighted by atomic mass is 35.5. The molecular formula is C17H16Cl2N4S. The second-order valence-electron chi connectivity index (χ2n) is 5.52. The Labute approximate surface area is 155 Å². The molecular weight excluding hydrogens is 363 g/mol. The molecule has 0 unspecified atom stereocenters. The van der Waals surface area contributed by atoms with Gasteiger partial charge in [0.15, 0.2) is 5.82 Å². The minimum absolute atomic E-state index is 0.493. The average Bonchev–Trinajstić information content (AvgIpc) is 2.89. The second kappa shape index (κ2) is 7.05. The van der Waals surface area contributed by atoms with Crippen LogP contribution in [0.1, 0.15) is 16.7 Å². The largest absolute Gasteiger partial charge is 0.335 e. The maximum absolute atomic E-state index is 6.23. The van der Waals surface area contributed by atoms with E-state index in [0.29, 0.717) is 26.6 Å². The van der Waals surface area contributed by atoms with E-state index in [4.69, 9.17) is 29.0 Å². The Kier molecular flexibility index (Phi) is 5.04. The predicted octanol–water partition coefficient (Wildman–Crippen LogP) is 4.87. The minimum Gasteiger partial charge on any atom is -0.335 e. The summed E-state index contributed by atoms with van der Waals surface area (Å²) in [5.74, 6) is 7.44. The Morgan fingerprint density at radius 1 is 1.08 bits per heavy atom. The number of hydrogen-bond acceptors (Lipinski definition) is 4. The van der Waals surface area contributed by atoms with Crippen LogP contribution in [-0.4, -0.2) is 14.9 Å². The van der Waals surface area contributed by atoms with Gasteiger partial charge in [-0.15, -0.1) is 10.2 Å². The van der Waals surface area contributed by atoms with E-state index >= 15 is 0 Å². The van der Waals surface area contributed by atoms with Crippen LogP contribution in [0.25, 0.3) is 11.4 Å². The van der Waals surface area contributed by atoms with Crippen LogP contribution < -0.4 is 5.84 Å². The van der Waals surface area contributed by atoms with Gasteiger partial charge in [0.25, 0.3) is 0 Å². The molecule has 24 heavy (non-hydrogen) atoms. The molecule has 1 aromatic heterocycles. The molecule has 1 heterocycles. The number of aromatic nitrogens is 3. The number of benzene rings is 2. The highest BCUT2D eigenvalue weighted by molar-refractivity contribution is 7.98. The van der Waals surface area contributed by atoms with Crippen molar-refractivity contribution in [1.82, 2.24) is 14.9 Å². The van der Waals surface area contributed by atoms with Crippen LogP contribution >= 0.6 is 35.0 Å². The van der Waals surface area contributed by atoms with Crippen LogP contribution in [0.5, 0.6) is 0 Å². The van der Waals surface area contributed by atoms with Gasteiger partial charge in [-0.05, 0) is 43.2 Å². The Morgan fingerprint density at radius 2 is 1.88 bits per heavy atom. The maximum Gasteiger partial charge on any atom is 0.210 e. The van der Waals surface area contributed by atoms with E-state index in [0.717, 1.165) is 5.75 Å². The van der Waals surface area contributed by atoms with Crippen molar-refractivity contribution in [3.8, 4) is 11.4 Å². The number of nitrogens with two attached hydrogens (primary N) is 1. The van der Waals surface area contributed by atoms with Crippen molar-refractivity contribution in [3.05, 3.63) is 63.1 Å². The van der Waals surface area contributed by atoms with Gasteiger partial charge in [-0.1, -0.05) is 58.7 Å². The second-order valence-corrected chi connectivity index (χ2v) is 7.31. The molecule has 7 heteroatoms. The molecule has 0 saturated heterocycles. The van der Waals surface area contributed by atoms with Crippen molar-refractivity contribution in [1.29, 1.82) is 0 Å². The first-order valence-electron chi connectivity index (χ1n) is 7.30. The van der Waals surface area contributed by atoms with Crippen molar-refractivity contribution < 1.29 is 0 Å². The number of rotatable bonds is 4. The molecule has 0 fully saturated rings. The van der Waals surface area contributed by atoms with Gasteiger partial charge in [0.05, 0.1) is 5.02 Å². The Balaban J connectivity index is 1.84. The van der Waals surface area contributed by atoms with Crippen molar-refractivity contribution in [3.63, 3.8) is 0 Å². The standard InChI is InChI=1S/C17H16Cl2N4S/c1-10-3-4-11(2)12(7-10)9-24-17-22-21-16(23(17)20)14-6-5-13(18)8-15(14)19/h3-8H,9,20H2,1-2H3. The van der Waals surface area contributed by atoms with Crippen molar-refractivity contribution in [2.45, 2.75) is 24.8 Å². The number of halogens is 2. The third-order valence-electron chi connectivity index (χ3n) is 3.70. The van der Waals surface area contributed by atoms with E-state index < -0.39 is 0 Å². The number of thioether (sulfide) groups is 1. The molecule has 0 aliphatic heterocycles. The fourth-order valence-corrected chi connectivity index (χ4v) is 3.74. The SMILES string of the molecule is Cc1ccc(C)c(CSc2nnc(-c3ccc(Cl)cc3Cl)n2N)c1. The summed E-state index contributed by atoms with van der Waals surface area (Å²) in [7, 11) is 0. The molecule has 0 aliphatic carbocycles.